The Morgan fingerprint density at radius 3 is 0.628 bits per heavy atom. The van der Waals surface area contributed by atoms with E-state index in [4.69, 9.17) is 0 Å². The third kappa shape index (κ3) is 5.52. The van der Waals surface area contributed by atoms with Crippen LogP contribution in [0.4, 0.5) is 0 Å². The predicted molar refractivity (Wildman–Crippen MR) is 331 cm³/mol. The van der Waals surface area contributed by atoms with E-state index < -0.39 is 14.7 Å². The number of rotatable bonds is 6. The lowest BCUT2D eigenvalue weighted by Gasteiger charge is -2.31. The molecule has 18 rings (SSSR count). The van der Waals surface area contributed by atoms with Crippen molar-refractivity contribution >= 4 is 122 Å². The van der Waals surface area contributed by atoms with Crippen molar-refractivity contribution in [2.45, 2.75) is 0 Å². The van der Waals surface area contributed by atoms with Gasteiger partial charge in [-0.1, -0.05) is 148 Å². The first-order chi connectivity index (χ1) is 38.8. The minimum Gasteiger partial charge on any atom is -0.308 e. The van der Waals surface area contributed by atoms with Gasteiger partial charge < -0.3 is 27.4 Å². The molecule has 2 atom stereocenters. The molecule has 0 aliphatic carbocycles. The summed E-state index contributed by atoms with van der Waals surface area (Å²) in [5.41, 5.74) is 21.6. The number of hydrogen-bond acceptors (Lipinski definition) is 0. The van der Waals surface area contributed by atoms with Crippen LogP contribution in [-0.2, 0) is 0 Å². The van der Waals surface area contributed by atoms with E-state index in [1.807, 2.05) is 0 Å². The van der Waals surface area contributed by atoms with Gasteiger partial charge in [0.2, 0.25) is 0 Å². The van der Waals surface area contributed by atoms with Gasteiger partial charge in [0, 0.05) is 75.6 Å². The molecular weight excluding hydrogens is 987 g/mol. The molecule has 6 aromatic heterocycles. The van der Waals surface area contributed by atoms with Crippen LogP contribution < -0.4 is 0 Å². The largest absolute Gasteiger partial charge is 0.308 e. The van der Waals surface area contributed by atoms with Crippen molar-refractivity contribution in [1.29, 1.82) is 0 Å². The lowest BCUT2D eigenvalue weighted by atomic mass is 10.0. The molecule has 0 saturated heterocycles. The maximum atomic E-state index is 2.64. The van der Waals surface area contributed by atoms with E-state index in [0.29, 0.717) is 0 Å². The molecule has 0 aliphatic heterocycles. The van der Waals surface area contributed by atoms with E-state index in [0.717, 1.165) is 34.1 Å². The summed E-state index contributed by atoms with van der Waals surface area (Å²) in [4.78, 5) is 0. The van der Waals surface area contributed by atoms with Crippen LogP contribution in [0.15, 0.2) is 267 Å². The summed E-state index contributed by atoms with van der Waals surface area (Å²) < 4.78 is 15.5. The predicted octanol–water partition coefficient (Wildman–Crippen LogP) is 19.7. The Morgan fingerprint density at radius 2 is 0.385 bits per heavy atom. The van der Waals surface area contributed by atoms with Crippen molar-refractivity contribution in [1.82, 2.24) is 27.4 Å². The van der Waals surface area contributed by atoms with Crippen molar-refractivity contribution in [3.05, 3.63) is 267 Å². The standard InChI is InChI=1S/C70H44N6P2/c1-7-23-45(24-8-1)71-53-35-19-39-57-65(53)77-67-55(71)37-21-41-59(67)75(49-31-15-5-16-32-49)63-51-44-62-70-64(52(51)43-61(69(63)77)73(57)47-27-11-3-12-28-47)76(50-33-17-6-18-34-50)60-42-22-38-56-68(60)78(70)66-54(72(56)46-25-9-2-10-26-46)36-20-40-58(66)74(62)48-29-13-4-14-30-48/h1-44H. The summed E-state index contributed by atoms with van der Waals surface area (Å²) in [5.74, 6) is 0. The van der Waals surface area contributed by atoms with Crippen molar-refractivity contribution in [2.24, 2.45) is 0 Å². The van der Waals surface area contributed by atoms with Gasteiger partial charge in [0.05, 0.1) is 66.2 Å². The van der Waals surface area contributed by atoms with Crippen molar-refractivity contribution < 1.29 is 0 Å². The van der Waals surface area contributed by atoms with Gasteiger partial charge >= 0.3 is 0 Å². The second-order valence-corrected chi connectivity index (χ2v) is 24.6. The summed E-state index contributed by atoms with van der Waals surface area (Å²) in [6.45, 7) is 0. The van der Waals surface area contributed by atoms with Crippen LogP contribution in [0, 0.1) is 0 Å². The van der Waals surface area contributed by atoms with Gasteiger partial charge in [-0.05, 0) is 133 Å². The Bertz CT molecular complexity index is 5060. The Morgan fingerprint density at radius 1 is 0.179 bits per heavy atom. The van der Waals surface area contributed by atoms with Crippen LogP contribution >= 0.6 is 14.7 Å². The third-order valence-electron chi connectivity index (χ3n) is 16.6. The molecule has 0 radical (unpaired) electrons. The van der Waals surface area contributed by atoms with Gasteiger partial charge in [-0.25, -0.2) is 0 Å². The van der Waals surface area contributed by atoms with Crippen LogP contribution in [0.2, 0.25) is 0 Å². The molecule has 0 N–H and O–H groups in total. The van der Waals surface area contributed by atoms with E-state index in [1.54, 1.807) is 0 Å². The van der Waals surface area contributed by atoms with Crippen LogP contribution in [-0.4, -0.2) is 27.4 Å². The maximum Gasteiger partial charge on any atom is 0.0678 e. The van der Waals surface area contributed by atoms with E-state index in [-0.39, 0.29) is 0 Å². The molecule has 0 saturated carbocycles. The normalized spacial score (nSPS) is 12.8. The molecule has 6 heterocycles. The van der Waals surface area contributed by atoms with Crippen LogP contribution in [0.5, 0.6) is 0 Å². The Balaban J connectivity index is 1.20. The third-order valence-corrected chi connectivity index (χ3v) is 22.0. The molecule has 0 spiro atoms. The van der Waals surface area contributed by atoms with Crippen molar-refractivity contribution in [3.63, 3.8) is 0 Å². The summed E-state index contributed by atoms with van der Waals surface area (Å²) in [6.07, 6.45) is 0. The number of hydrogen-bond donors (Lipinski definition) is 0. The minimum atomic E-state index is -1.12. The van der Waals surface area contributed by atoms with Crippen LogP contribution in [0.1, 0.15) is 0 Å². The van der Waals surface area contributed by atoms with Gasteiger partial charge in [0.25, 0.3) is 0 Å². The SMILES string of the molecule is c1ccc(-n2c3cccc4c3p3c5c2cccc5n(-c2ccccc2)c2c5cc6c7c(c5cc(c23)n4-c2ccccc2)n(-c2ccccc2)c2cccc3c2p7c2c(cccc2n6-c2ccccc2)n3-c2ccccc2)cc1. The van der Waals surface area contributed by atoms with E-state index in [2.05, 4.69) is 294 Å². The highest BCUT2D eigenvalue weighted by Gasteiger charge is 2.31. The zero-order valence-electron chi connectivity index (χ0n) is 42.0. The lowest BCUT2D eigenvalue weighted by molar-refractivity contribution is 1.14. The molecular formula is C70H44N6P2. The summed E-state index contributed by atoms with van der Waals surface area (Å²) in [6, 6.07) is 99.9. The molecule has 0 bridgehead atoms. The molecule has 2 unspecified atom stereocenters. The summed E-state index contributed by atoms with van der Waals surface area (Å²) >= 11 is 0. The summed E-state index contributed by atoms with van der Waals surface area (Å²) in [7, 11) is -2.24. The van der Waals surface area contributed by atoms with E-state index >= 15 is 0 Å². The topological polar surface area (TPSA) is 29.6 Å². The fourth-order valence-corrected chi connectivity index (χ4v) is 19.9. The number of para-hydroxylation sites is 6. The lowest BCUT2D eigenvalue weighted by Crippen LogP contribution is -2.10. The highest BCUT2D eigenvalue weighted by Crippen LogP contribution is 2.61. The number of nitrogens with zero attached hydrogens (tertiary/aromatic N) is 6. The minimum absolute atomic E-state index is 1.12. The van der Waals surface area contributed by atoms with Crippen molar-refractivity contribution in [3.8, 4) is 34.1 Å². The maximum absolute atomic E-state index is 2.64. The average molecular weight is 1030 g/mol. The summed E-state index contributed by atoms with van der Waals surface area (Å²) in [5, 5.41) is 10.7. The first-order valence-electron chi connectivity index (χ1n) is 26.7. The monoisotopic (exact) mass is 1030 g/mol. The molecule has 18 aromatic rings. The highest BCUT2D eigenvalue weighted by molar-refractivity contribution is 7.64. The molecule has 12 aromatic carbocycles. The van der Waals surface area contributed by atoms with Crippen LogP contribution in [0.3, 0.4) is 0 Å². The zero-order chi connectivity index (χ0) is 50.7. The average Bonchev–Trinajstić information content (AvgIpc) is 2.81. The number of fused-ring (bicyclic) bond motifs is 3. The quantitative estimate of drug-likeness (QED) is 0.117. The second-order valence-electron chi connectivity index (χ2n) is 20.6. The van der Waals surface area contributed by atoms with Crippen molar-refractivity contribution in [2.75, 3.05) is 0 Å². The first kappa shape index (κ1) is 42.5. The second kappa shape index (κ2) is 15.9. The molecule has 8 heteroatoms. The van der Waals surface area contributed by atoms with Gasteiger partial charge in [-0.3, -0.25) is 0 Å². The molecule has 0 fully saturated rings. The van der Waals surface area contributed by atoms with Gasteiger partial charge in [-0.15, -0.1) is 0 Å². The van der Waals surface area contributed by atoms with E-state index in [1.165, 1.54) is 108 Å². The Kier molecular flexibility index (Phi) is 8.68. The van der Waals surface area contributed by atoms with Gasteiger partial charge in [0.1, 0.15) is 0 Å². The fourth-order valence-electron chi connectivity index (χ4n) is 13.7. The number of benzene rings is 12. The van der Waals surface area contributed by atoms with E-state index in [9.17, 15) is 0 Å². The molecule has 6 nitrogen and oxygen atoms in total. The van der Waals surface area contributed by atoms with Crippen LogP contribution in [0.25, 0.3) is 142 Å². The molecule has 0 amide bonds. The Labute approximate surface area is 448 Å². The molecule has 78 heavy (non-hydrogen) atoms. The van der Waals surface area contributed by atoms with Gasteiger partial charge in [0.15, 0.2) is 0 Å². The molecule has 0 aliphatic rings. The Hall–Kier alpha value is -9.70. The fraction of sp³-hybridized carbons (Fsp3) is 0. The smallest absolute Gasteiger partial charge is 0.0678 e. The van der Waals surface area contributed by atoms with Gasteiger partial charge in [-0.2, -0.15) is 0 Å². The number of aromatic nitrogens is 6. The first-order valence-corrected chi connectivity index (χ1v) is 29.4. The highest BCUT2D eigenvalue weighted by atomic mass is 31.1. The zero-order valence-corrected chi connectivity index (χ0v) is 43.8. The molecule has 364 valence electrons.